The van der Waals surface area contributed by atoms with Gasteiger partial charge < -0.3 is 4.98 Å². The lowest BCUT2D eigenvalue weighted by atomic mass is 10.1. The van der Waals surface area contributed by atoms with Gasteiger partial charge in [0.25, 0.3) is 5.56 Å². The molecule has 28 heavy (non-hydrogen) atoms. The fourth-order valence-corrected chi connectivity index (χ4v) is 3.68. The number of Topliss-reactive ketones (excluding diaryl/α,β-unsaturated/α-hetero) is 1. The van der Waals surface area contributed by atoms with Crippen LogP contribution in [0.15, 0.2) is 69.2 Å². The maximum Gasteiger partial charge on any atom is 0.329 e. The van der Waals surface area contributed by atoms with E-state index in [1.807, 2.05) is 30.3 Å². The van der Waals surface area contributed by atoms with E-state index in [0.717, 1.165) is 5.56 Å². The van der Waals surface area contributed by atoms with E-state index < -0.39 is 11.5 Å². The minimum absolute atomic E-state index is 0.120. The molecule has 7 heteroatoms. The first-order chi connectivity index (χ1) is 13.5. The van der Waals surface area contributed by atoms with Crippen LogP contribution in [0.1, 0.15) is 27.9 Å². The number of aromatic amines is 1. The monoisotopic (exact) mass is 398 g/mol. The quantitative estimate of drug-likeness (QED) is 0.376. The van der Waals surface area contributed by atoms with Crippen molar-refractivity contribution in [1.29, 1.82) is 0 Å². The van der Waals surface area contributed by atoms with Gasteiger partial charge in [-0.3, -0.25) is 14.2 Å². The number of hydrogen-bond acceptors (Lipinski definition) is 4. The Morgan fingerprint density at radius 3 is 2.43 bits per heavy atom. The highest BCUT2D eigenvalue weighted by Gasteiger charge is 2.12. The predicted molar refractivity (Wildman–Crippen MR) is 108 cm³/mol. The number of ketones is 1. The van der Waals surface area contributed by atoms with Crippen LogP contribution in [-0.4, -0.2) is 21.1 Å². The predicted octanol–water partition coefficient (Wildman–Crippen LogP) is 3.40. The number of carbonyl (C=O) groups excluding carboxylic acids is 1. The number of nitrogens with one attached hydrogen (secondary N) is 1. The lowest BCUT2D eigenvalue weighted by Crippen LogP contribution is -2.37. The third-order valence-corrected chi connectivity index (χ3v) is 5.40. The summed E-state index contributed by atoms with van der Waals surface area (Å²) in [6.07, 6.45) is 0.213. The molecule has 0 aliphatic rings. The summed E-state index contributed by atoms with van der Waals surface area (Å²) in [4.78, 5) is 39.8. The largest absolute Gasteiger partial charge is 0.329 e. The number of benzene rings is 2. The van der Waals surface area contributed by atoms with E-state index in [4.69, 9.17) is 0 Å². The van der Waals surface area contributed by atoms with Gasteiger partial charge >= 0.3 is 5.69 Å². The number of thioether (sulfide) groups is 1. The van der Waals surface area contributed by atoms with Gasteiger partial charge in [-0.1, -0.05) is 30.3 Å². The van der Waals surface area contributed by atoms with Gasteiger partial charge in [-0.25, -0.2) is 9.18 Å². The zero-order valence-corrected chi connectivity index (χ0v) is 16.1. The average molecular weight is 398 g/mol. The summed E-state index contributed by atoms with van der Waals surface area (Å²) in [5.41, 5.74) is 0.909. The highest BCUT2D eigenvalue weighted by molar-refractivity contribution is 7.99. The molecule has 144 valence electrons. The van der Waals surface area contributed by atoms with Crippen LogP contribution in [0.25, 0.3) is 0 Å². The molecule has 5 nitrogen and oxygen atoms in total. The lowest BCUT2D eigenvalue weighted by molar-refractivity contribution is 0.0989. The molecule has 0 saturated carbocycles. The van der Waals surface area contributed by atoms with Crippen LogP contribution >= 0.6 is 11.8 Å². The van der Waals surface area contributed by atoms with Gasteiger partial charge in [-0.2, -0.15) is 0 Å². The van der Waals surface area contributed by atoms with E-state index in [0.29, 0.717) is 21.9 Å². The number of H-pyrrole nitrogens is 1. The molecule has 0 radical (unpaired) electrons. The van der Waals surface area contributed by atoms with Crippen LogP contribution in [0.3, 0.4) is 0 Å². The first kappa shape index (κ1) is 19.8. The van der Waals surface area contributed by atoms with Gasteiger partial charge in [0.2, 0.25) is 0 Å². The summed E-state index contributed by atoms with van der Waals surface area (Å²) in [7, 11) is 0. The Kier molecular flexibility index (Phi) is 6.26. The number of rotatable bonds is 7. The minimum Gasteiger partial charge on any atom is -0.301 e. The molecular formula is C21H19FN2O3S. The molecule has 1 heterocycles. The summed E-state index contributed by atoms with van der Waals surface area (Å²) in [6, 6.07) is 14.7. The lowest BCUT2D eigenvalue weighted by Gasteiger charge is -2.10. The zero-order valence-electron chi connectivity index (χ0n) is 15.3. The minimum atomic E-state index is -0.480. The molecule has 0 fully saturated rings. The summed E-state index contributed by atoms with van der Waals surface area (Å²) in [5, 5.41) is 0.464. The Balaban J connectivity index is 1.69. The summed E-state index contributed by atoms with van der Waals surface area (Å²) < 4.78 is 14.1. The van der Waals surface area contributed by atoms with Gasteiger partial charge in [0.05, 0.1) is 11.6 Å². The van der Waals surface area contributed by atoms with Crippen molar-refractivity contribution in [3.63, 3.8) is 0 Å². The molecule has 0 aliphatic heterocycles. The van der Waals surface area contributed by atoms with Gasteiger partial charge in [0, 0.05) is 23.3 Å². The molecule has 1 N–H and O–H groups in total. The standard InChI is InChI=1S/C21H19FN2O3S/c1-14-19(28-12-11-18(25)16-7-9-17(22)10-8-16)23-21(27)24(20(14)26)13-15-5-3-2-4-6-15/h2-10H,11-13H2,1H3,(H,23,27). The van der Waals surface area contributed by atoms with Gasteiger partial charge in [0.15, 0.2) is 5.78 Å². The number of hydrogen-bond donors (Lipinski definition) is 1. The average Bonchev–Trinajstić information content (AvgIpc) is 2.70. The summed E-state index contributed by atoms with van der Waals surface area (Å²) >= 11 is 1.25. The van der Waals surface area contributed by atoms with Gasteiger partial charge in [0.1, 0.15) is 5.82 Å². The number of nitrogens with zero attached hydrogens (tertiary/aromatic N) is 1. The molecule has 1 aromatic heterocycles. The van der Waals surface area contributed by atoms with Crippen LogP contribution in [0, 0.1) is 12.7 Å². The van der Waals surface area contributed by atoms with Crippen LogP contribution in [0.4, 0.5) is 4.39 Å². The molecule has 0 saturated heterocycles. The number of halogens is 1. The normalized spacial score (nSPS) is 10.8. The van der Waals surface area contributed by atoms with Crippen molar-refractivity contribution >= 4 is 17.5 Å². The molecule has 0 spiro atoms. The van der Waals surface area contributed by atoms with E-state index >= 15 is 0 Å². The maximum absolute atomic E-state index is 12.9. The number of aromatic nitrogens is 2. The van der Waals surface area contributed by atoms with Crippen molar-refractivity contribution in [2.24, 2.45) is 0 Å². The molecule has 3 aromatic rings. The molecule has 0 bridgehead atoms. The van der Waals surface area contributed by atoms with Crippen LogP contribution in [0.2, 0.25) is 0 Å². The van der Waals surface area contributed by atoms with Crippen molar-refractivity contribution in [2.75, 3.05) is 5.75 Å². The van der Waals surface area contributed by atoms with E-state index in [-0.39, 0.29) is 24.3 Å². The first-order valence-electron chi connectivity index (χ1n) is 8.75. The smallest absolute Gasteiger partial charge is 0.301 e. The zero-order chi connectivity index (χ0) is 20.1. The molecule has 0 atom stereocenters. The van der Waals surface area contributed by atoms with Crippen molar-refractivity contribution < 1.29 is 9.18 Å². The summed E-state index contributed by atoms with van der Waals surface area (Å²) in [5.74, 6) is -0.116. The van der Waals surface area contributed by atoms with Crippen molar-refractivity contribution in [3.8, 4) is 0 Å². The Hall–Kier alpha value is -2.93. The second kappa shape index (κ2) is 8.84. The van der Waals surface area contributed by atoms with Crippen molar-refractivity contribution in [1.82, 2.24) is 9.55 Å². The van der Waals surface area contributed by atoms with Crippen LogP contribution < -0.4 is 11.2 Å². The third kappa shape index (κ3) is 4.67. The Bertz CT molecular complexity index is 1090. The fraction of sp³-hybridized carbons (Fsp3) is 0.190. The van der Waals surface area contributed by atoms with Crippen LogP contribution in [-0.2, 0) is 6.54 Å². The molecule has 3 rings (SSSR count). The second-order valence-corrected chi connectivity index (χ2v) is 7.39. The van der Waals surface area contributed by atoms with Crippen LogP contribution in [0.5, 0.6) is 0 Å². The SMILES string of the molecule is Cc1c(SCCC(=O)c2ccc(F)cc2)[nH]c(=O)n(Cc2ccccc2)c1=O. The van der Waals surface area contributed by atoms with Crippen molar-refractivity contribution in [3.05, 3.63) is 97.9 Å². The topological polar surface area (TPSA) is 71.9 Å². The highest BCUT2D eigenvalue weighted by atomic mass is 32.2. The van der Waals surface area contributed by atoms with E-state index in [1.165, 1.54) is 40.6 Å². The first-order valence-corrected chi connectivity index (χ1v) is 9.73. The summed E-state index contributed by atoms with van der Waals surface area (Å²) in [6.45, 7) is 1.85. The second-order valence-electron chi connectivity index (χ2n) is 6.29. The van der Waals surface area contributed by atoms with E-state index in [2.05, 4.69) is 4.98 Å². The Morgan fingerprint density at radius 2 is 1.75 bits per heavy atom. The molecule has 2 aromatic carbocycles. The highest BCUT2D eigenvalue weighted by Crippen LogP contribution is 2.18. The van der Waals surface area contributed by atoms with Gasteiger partial charge in [-0.05, 0) is 36.8 Å². The number of carbonyl (C=O) groups is 1. The van der Waals surface area contributed by atoms with E-state index in [1.54, 1.807) is 6.92 Å². The maximum atomic E-state index is 12.9. The van der Waals surface area contributed by atoms with Gasteiger partial charge in [-0.15, -0.1) is 11.8 Å². The third-order valence-electron chi connectivity index (χ3n) is 4.30. The van der Waals surface area contributed by atoms with E-state index in [9.17, 15) is 18.8 Å². The molecule has 0 unspecified atom stereocenters. The fourth-order valence-electron chi connectivity index (χ4n) is 2.73. The van der Waals surface area contributed by atoms with Crippen molar-refractivity contribution in [2.45, 2.75) is 24.9 Å². The molecule has 0 aliphatic carbocycles. The molecular weight excluding hydrogens is 379 g/mol. The molecule has 0 amide bonds. The Morgan fingerprint density at radius 1 is 1.07 bits per heavy atom. The Labute approximate surface area is 165 Å².